The van der Waals surface area contributed by atoms with Gasteiger partial charge < -0.3 is 8.92 Å². The Hall–Kier alpha value is -1.44. The van der Waals surface area contributed by atoms with E-state index in [0.29, 0.717) is 17.7 Å². The minimum absolute atomic E-state index is 0.159. The molecule has 0 aromatic heterocycles. The van der Waals surface area contributed by atoms with Gasteiger partial charge in [0.15, 0.2) is 0 Å². The van der Waals surface area contributed by atoms with Crippen molar-refractivity contribution in [3.8, 4) is 11.5 Å². The summed E-state index contributed by atoms with van der Waals surface area (Å²) in [4.78, 5) is 0. The van der Waals surface area contributed by atoms with E-state index in [9.17, 15) is 21.6 Å². The fourth-order valence-corrected chi connectivity index (χ4v) is 2.52. The minimum Gasteiger partial charge on any atom is -0.490 e. The standard InChI is InChI=1S/C12H13F3O4S/c1-2-4-8-7-9-10(18-8)5-3-6-11(9)19-20(16,17)12(13,14)15/h3,5-6,8H,2,4,7H2,1H3. The van der Waals surface area contributed by atoms with Crippen molar-refractivity contribution in [2.45, 2.75) is 37.8 Å². The number of hydrogen-bond acceptors (Lipinski definition) is 4. The van der Waals surface area contributed by atoms with Gasteiger partial charge in [0.25, 0.3) is 0 Å². The van der Waals surface area contributed by atoms with Crippen molar-refractivity contribution in [2.75, 3.05) is 0 Å². The van der Waals surface area contributed by atoms with E-state index in [2.05, 4.69) is 4.18 Å². The van der Waals surface area contributed by atoms with Crippen molar-refractivity contribution in [1.29, 1.82) is 0 Å². The summed E-state index contributed by atoms with van der Waals surface area (Å²) < 4.78 is 68.8. The molecule has 0 N–H and O–H groups in total. The summed E-state index contributed by atoms with van der Waals surface area (Å²) in [6.07, 6.45) is 1.77. The summed E-state index contributed by atoms with van der Waals surface area (Å²) in [6, 6.07) is 4.17. The molecule has 1 unspecified atom stereocenters. The normalized spacial score (nSPS) is 18.5. The summed E-state index contributed by atoms with van der Waals surface area (Å²) >= 11 is 0. The Balaban J connectivity index is 2.27. The number of alkyl halides is 3. The van der Waals surface area contributed by atoms with E-state index < -0.39 is 15.6 Å². The van der Waals surface area contributed by atoms with Gasteiger partial charge in [-0.2, -0.15) is 21.6 Å². The predicted octanol–water partition coefficient (Wildman–Crippen LogP) is 3.02. The quantitative estimate of drug-likeness (QED) is 0.633. The number of hydrogen-bond donors (Lipinski definition) is 0. The van der Waals surface area contributed by atoms with Crippen molar-refractivity contribution in [1.82, 2.24) is 0 Å². The molecule has 1 aromatic carbocycles. The lowest BCUT2D eigenvalue weighted by Crippen LogP contribution is -2.28. The third-order valence-corrected chi connectivity index (χ3v) is 3.88. The van der Waals surface area contributed by atoms with Crippen molar-refractivity contribution < 1.29 is 30.5 Å². The molecule has 1 aliphatic rings. The second kappa shape index (κ2) is 5.16. The van der Waals surface area contributed by atoms with E-state index in [0.717, 1.165) is 12.8 Å². The largest absolute Gasteiger partial charge is 0.534 e. The molecule has 1 atom stereocenters. The SMILES string of the molecule is CCCC1Cc2c(cccc2OS(=O)(=O)C(F)(F)F)O1. The average molecular weight is 310 g/mol. The highest BCUT2D eigenvalue weighted by Gasteiger charge is 2.49. The van der Waals surface area contributed by atoms with E-state index in [4.69, 9.17) is 4.74 Å². The van der Waals surface area contributed by atoms with Crippen molar-refractivity contribution in [2.24, 2.45) is 0 Å². The third-order valence-electron chi connectivity index (χ3n) is 2.91. The first-order valence-corrected chi connectivity index (χ1v) is 7.44. The molecule has 0 spiro atoms. The molecule has 0 aliphatic carbocycles. The number of ether oxygens (including phenoxy) is 1. The zero-order chi connectivity index (χ0) is 15.0. The molecule has 1 aromatic rings. The molecule has 8 heteroatoms. The highest BCUT2D eigenvalue weighted by molar-refractivity contribution is 7.88. The second-order valence-electron chi connectivity index (χ2n) is 4.45. The minimum atomic E-state index is -5.66. The lowest BCUT2D eigenvalue weighted by molar-refractivity contribution is -0.0500. The monoisotopic (exact) mass is 310 g/mol. The fourth-order valence-electron chi connectivity index (χ4n) is 2.03. The second-order valence-corrected chi connectivity index (χ2v) is 5.99. The smallest absolute Gasteiger partial charge is 0.490 e. The molecule has 0 fully saturated rings. The van der Waals surface area contributed by atoms with Crippen LogP contribution in [-0.4, -0.2) is 20.0 Å². The average Bonchev–Trinajstić information content (AvgIpc) is 2.71. The van der Waals surface area contributed by atoms with Gasteiger partial charge in [-0.15, -0.1) is 0 Å². The van der Waals surface area contributed by atoms with Crippen LogP contribution in [0.2, 0.25) is 0 Å². The van der Waals surface area contributed by atoms with Gasteiger partial charge in [0.2, 0.25) is 0 Å². The molecule has 2 rings (SSSR count). The Labute approximate surface area is 114 Å². The van der Waals surface area contributed by atoms with Crippen LogP contribution in [0.4, 0.5) is 13.2 Å². The Morgan fingerprint density at radius 2 is 2.10 bits per heavy atom. The Kier molecular flexibility index (Phi) is 3.86. The molecule has 0 amide bonds. The number of halogens is 3. The van der Waals surface area contributed by atoms with E-state index in [-0.39, 0.29) is 11.9 Å². The topological polar surface area (TPSA) is 52.6 Å². The first-order chi connectivity index (χ1) is 9.24. The van der Waals surface area contributed by atoms with Crippen molar-refractivity contribution in [3.63, 3.8) is 0 Å². The zero-order valence-electron chi connectivity index (χ0n) is 10.6. The third kappa shape index (κ3) is 2.84. The Morgan fingerprint density at radius 1 is 1.40 bits per heavy atom. The molecular weight excluding hydrogens is 297 g/mol. The maximum absolute atomic E-state index is 12.3. The highest BCUT2D eigenvalue weighted by Crippen LogP contribution is 2.39. The molecule has 0 bridgehead atoms. The zero-order valence-corrected chi connectivity index (χ0v) is 11.4. The molecule has 1 heterocycles. The van der Waals surface area contributed by atoms with Gasteiger partial charge in [-0.3, -0.25) is 0 Å². The lowest BCUT2D eigenvalue weighted by Gasteiger charge is -2.11. The molecule has 20 heavy (non-hydrogen) atoms. The molecule has 0 radical (unpaired) electrons. The van der Waals surface area contributed by atoms with E-state index >= 15 is 0 Å². The van der Waals surface area contributed by atoms with Crippen molar-refractivity contribution >= 4 is 10.1 Å². The van der Waals surface area contributed by atoms with Gasteiger partial charge in [0.05, 0.1) is 0 Å². The lowest BCUT2D eigenvalue weighted by atomic mass is 10.1. The first-order valence-electron chi connectivity index (χ1n) is 6.04. The fraction of sp³-hybridized carbons (Fsp3) is 0.500. The van der Waals surface area contributed by atoms with E-state index in [1.165, 1.54) is 12.1 Å². The number of rotatable bonds is 4. The van der Waals surface area contributed by atoms with Gasteiger partial charge in [-0.05, 0) is 18.6 Å². The maximum atomic E-state index is 12.3. The molecular formula is C12H13F3O4S. The van der Waals surface area contributed by atoms with Crippen LogP contribution in [-0.2, 0) is 16.5 Å². The van der Waals surface area contributed by atoms with Crippen LogP contribution in [0.1, 0.15) is 25.3 Å². The summed E-state index contributed by atoms with van der Waals surface area (Å²) in [6.45, 7) is 1.96. The molecule has 0 saturated heterocycles. The molecule has 0 saturated carbocycles. The predicted molar refractivity (Wildman–Crippen MR) is 65.1 cm³/mol. The van der Waals surface area contributed by atoms with Crippen LogP contribution in [0.3, 0.4) is 0 Å². The maximum Gasteiger partial charge on any atom is 0.534 e. The number of fused-ring (bicyclic) bond motifs is 1. The van der Waals surface area contributed by atoms with Gasteiger partial charge >= 0.3 is 15.6 Å². The van der Waals surface area contributed by atoms with Crippen LogP contribution in [0.25, 0.3) is 0 Å². The summed E-state index contributed by atoms with van der Waals surface area (Å²) in [7, 11) is -5.66. The van der Waals surface area contributed by atoms with Gasteiger partial charge in [0.1, 0.15) is 17.6 Å². The van der Waals surface area contributed by atoms with Crippen molar-refractivity contribution in [3.05, 3.63) is 23.8 Å². The number of benzene rings is 1. The van der Waals surface area contributed by atoms with E-state index in [1.807, 2.05) is 6.92 Å². The highest BCUT2D eigenvalue weighted by atomic mass is 32.2. The molecule has 112 valence electrons. The van der Waals surface area contributed by atoms with Crippen LogP contribution < -0.4 is 8.92 Å². The van der Waals surface area contributed by atoms with Crippen LogP contribution >= 0.6 is 0 Å². The summed E-state index contributed by atoms with van der Waals surface area (Å²) in [5.41, 5.74) is -5.09. The molecule has 4 nitrogen and oxygen atoms in total. The van der Waals surface area contributed by atoms with Crippen LogP contribution in [0.15, 0.2) is 18.2 Å². The summed E-state index contributed by atoms with van der Waals surface area (Å²) in [5, 5.41) is 0. The summed E-state index contributed by atoms with van der Waals surface area (Å²) in [5.74, 6) is 0.0525. The van der Waals surface area contributed by atoms with Gasteiger partial charge in [0, 0.05) is 12.0 Å². The Morgan fingerprint density at radius 3 is 2.70 bits per heavy atom. The van der Waals surface area contributed by atoms with Gasteiger partial charge in [-0.25, -0.2) is 0 Å². The van der Waals surface area contributed by atoms with Crippen LogP contribution in [0, 0.1) is 0 Å². The van der Waals surface area contributed by atoms with E-state index in [1.54, 1.807) is 6.07 Å². The van der Waals surface area contributed by atoms with Gasteiger partial charge in [-0.1, -0.05) is 19.4 Å². The first kappa shape index (κ1) is 15.0. The molecule has 1 aliphatic heterocycles. The van der Waals surface area contributed by atoms with Crippen LogP contribution in [0.5, 0.6) is 11.5 Å². The Bertz CT molecular complexity index is 595.